The van der Waals surface area contributed by atoms with Crippen LogP contribution >= 0.6 is 11.6 Å². The molecule has 3 aromatic rings. The summed E-state index contributed by atoms with van der Waals surface area (Å²) >= 11 is 6.18. The standard InChI is InChI=1S/C20H15ClN2O2/c21-16-9-7-8-15(14-16)19-22(17-10-3-1-4-11-17)20(24)25-23(19)18-12-5-2-6-13-18/h1-14,19H/t19-/m0/s1. The van der Waals surface area contributed by atoms with Gasteiger partial charge in [0.1, 0.15) is 0 Å². The number of carbonyl (C=O) groups excluding carboxylic acids is 1. The fraction of sp³-hybridized carbons (Fsp3) is 0.0500. The number of halogens is 1. The molecule has 4 rings (SSSR count). The molecule has 0 spiro atoms. The van der Waals surface area contributed by atoms with Crippen molar-refractivity contribution in [2.24, 2.45) is 0 Å². The van der Waals surface area contributed by atoms with Crippen LogP contribution in [0.4, 0.5) is 16.2 Å². The lowest BCUT2D eigenvalue weighted by atomic mass is 10.1. The first-order valence-corrected chi connectivity index (χ1v) is 8.28. The number of hydrogen-bond acceptors (Lipinski definition) is 3. The number of nitrogens with zero attached hydrogens (tertiary/aromatic N) is 2. The number of hydroxylamine groups is 1. The first-order chi connectivity index (χ1) is 12.2. The smallest absolute Gasteiger partial charge is 0.319 e. The zero-order chi connectivity index (χ0) is 17.2. The van der Waals surface area contributed by atoms with E-state index in [0.29, 0.717) is 5.02 Å². The highest BCUT2D eigenvalue weighted by Crippen LogP contribution is 2.39. The van der Waals surface area contributed by atoms with E-state index in [4.69, 9.17) is 16.4 Å². The molecule has 4 nitrogen and oxygen atoms in total. The van der Waals surface area contributed by atoms with E-state index in [0.717, 1.165) is 16.9 Å². The second kappa shape index (κ2) is 6.49. The van der Waals surface area contributed by atoms with E-state index >= 15 is 0 Å². The maximum Gasteiger partial charge on any atom is 0.440 e. The van der Waals surface area contributed by atoms with Gasteiger partial charge in [-0.15, -0.1) is 0 Å². The Kier molecular flexibility index (Phi) is 4.04. The minimum atomic E-state index is -0.448. The Hall–Kier alpha value is -2.98. The molecule has 1 aliphatic heterocycles. The van der Waals surface area contributed by atoms with Gasteiger partial charge in [-0.25, -0.2) is 9.69 Å². The van der Waals surface area contributed by atoms with Crippen LogP contribution in [0.25, 0.3) is 0 Å². The normalized spacial score (nSPS) is 16.8. The molecule has 124 valence electrons. The van der Waals surface area contributed by atoms with Gasteiger partial charge < -0.3 is 4.84 Å². The lowest BCUT2D eigenvalue weighted by molar-refractivity contribution is 0.164. The molecule has 1 aliphatic rings. The first kappa shape index (κ1) is 15.5. The van der Waals surface area contributed by atoms with Crippen molar-refractivity contribution >= 4 is 29.1 Å². The molecule has 1 amide bonds. The number of amides is 1. The lowest BCUT2D eigenvalue weighted by Gasteiger charge is -2.27. The zero-order valence-corrected chi connectivity index (χ0v) is 14.0. The van der Waals surface area contributed by atoms with Gasteiger partial charge in [0.15, 0.2) is 6.17 Å². The van der Waals surface area contributed by atoms with Crippen LogP contribution in [0.5, 0.6) is 0 Å². The first-order valence-electron chi connectivity index (χ1n) is 7.90. The van der Waals surface area contributed by atoms with Crippen molar-refractivity contribution in [3.8, 4) is 0 Å². The summed E-state index contributed by atoms with van der Waals surface area (Å²) in [6.07, 6.45) is -0.879. The molecule has 1 fully saturated rings. The van der Waals surface area contributed by atoms with E-state index in [1.54, 1.807) is 9.96 Å². The van der Waals surface area contributed by atoms with Gasteiger partial charge in [0, 0.05) is 16.3 Å². The quantitative estimate of drug-likeness (QED) is 0.632. The zero-order valence-electron chi connectivity index (χ0n) is 13.2. The van der Waals surface area contributed by atoms with Crippen LogP contribution in [0.2, 0.25) is 5.02 Å². The highest BCUT2D eigenvalue weighted by molar-refractivity contribution is 6.30. The van der Waals surface area contributed by atoms with Crippen molar-refractivity contribution in [3.05, 3.63) is 95.5 Å². The number of anilines is 2. The Morgan fingerprint density at radius 2 is 1.44 bits per heavy atom. The Morgan fingerprint density at radius 1 is 0.800 bits per heavy atom. The molecular formula is C20H15ClN2O2. The average Bonchev–Trinajstić information content (AvgIpc) is 3.00. The summed E-state index contributed by atoms with van der Waals surface area (Å²) in [5.41, 5.74) is 2.42. The van der Waals surface area contributed by atoms with Crippen LogP contribution in [0, 0.1) is 0 Å². The summed E-state index contributed by atoms with van der Waals surface area (Å²) in [6.45, 7) is 0. The molecule has 0 aliphatic carbocycles. The van der Waals surface area contributed by atoms with Gasteiger partial charge in [0.25, 0.3) is 0 Å². The average molecular weight is 351 g/mol. The van der Waals surface area contributed by atoms with E-state index in [1.165, 1.54) is 0 Å². The number of para-hydroxylation sites is 2. The summed E-state index contributed by atoms with van der Waals surface area (Å²) < 4.78 is 0. The van der Waals surface area contributed by atoms with Crippen molar-refractivity contribution < 1.29 is 9.63 Å². The van der Waals surface area contributed by atoms with E-state index in [1.807, 2.05) is 84.9 Å². The highest BCUT2D eigenvalue weighted by atomic mass is 35.5. The van der Waals surface area contributed by atoms with Crippen molar-refractivity contribution in [2.75, 3.05) is 9.96 Å². The van der Waals surface area contributed by atoms with Crippen molar-refractivity contribution in [1.29, 1.82) is 0 Å². The third kappa shape index (κ3) is 2.92. The molecule has 0 N–H and O–H groups in total. The highest BCUT2D eigenvalue weighted by Gasteiger charge is 2.42. The number of hydrogen-bond donors (Lipinski definition) is 0. The van der Waals surface area contributed by atoms with Crippen LogP contribution < -0.4 is 9.96 Å². The SMILES string of the molecule is O=C1ON(c2ccccc2)[C@@H](c2cccc(Cl)c2)N1c1ccccc1. The Bertz CT molecular complexity index is 886. The Balaban J connectivity index is 1.84. The Labute approximate surface area is 150 Å². The van der Waals surface area contributed by atoms with Crippen molar-refractivity contribution in [2.45, 2.75) is 6.17 Å². The lowest BCUT2D eigenvalue weighted by Crippen LogP contribution is -2.31. The molecule has 1 atom stereocenters. The summed E-state index contributed by atoms with van der Waals surface area (Å²) in [4.78, 5) is 19.9. The van der Waals surface area contributed by atoms with Gasteiger partial charge in [0.05, 0.1) is 5.69 Å². The molecular weight excluding hydrogens is 336 g/mol. The van der Waals surface area contributed by atoms with Crippen LogP contribution in [0.1, 0.15) is 11.7 Å². The maximum absolute atomic E-state index is 12.7. The van der Waals surface area contributed by atoms with Gasteiger partial charge in [-0.05, 0) is 36.4 Å². The van der Waals surface area contributed by atoms with Crippen molar-refractivity contribution in [3.63, 3.8) is 0 Å². The number of benzene rings is 3. The molecule has 0 bridgehead atoms. The van der Waals surface area contributed by atoms with Gasteiger partial charge >= 0.3 is 6.09 Å². The predicted octanol–water partition coefficient (Wildman–Crippen LogP) is 5.42. The minimum Gasteiger partial charge on any atom is -0.319 e. The van der Waals surface area contributed by atoms with Gasteiger partial charge in [0.2, 0.25) is 0 Å². The topological polar surface area (TPSA) is 32.8 Å². The van der Waals surface area contributed by atoms with Crippen LogP contribution in [-0.4, -0.2) is 6.09 Å². The minimum absolute atomic E-state index is 0.431. The second-order valence-electron chi connectivity index (χ2n) is 5.65. The molecule has 0 saturated carbocycles. The van der Waals surface area contributed by atoms with Gasteiger partial charge in [-0.2, -0.15) is 5.06 Å². The Morgan fingerprint density at radius 3 is 2.08 bits per heavy atom. The molecule has 3 aromatic carbocycles. The summed E-state index contributed by atoms with van der Waals surface area (Å²) in [5.74, 6) is 0. The number of carbonyl (C=O) groups is 1. The second-order valence-corrected chi connectivity index (χ2v) is 6.09. The molecule has 1 heterocycles. The van der Waals surface area contributed by atoms with Crippen LogP contribution in [-0.2, 0) is 4.84 Å². The van der Waals surface area contributed by atoms with Crippen LogP contribution in [0.15, 0.2) is 84.9 Å². The third-order valence-electron chi connectivity index (χ3n) is 4.03. The summed E-state index contributed by atoms with van der Waals surface area (Å²) in [7, 11) is 0. The summed E-state index contributed by atoms with van der Waals surface area (Å²) in [6, 6.07) is 26.5. The largest absolute Gasteiger partial charge is 0.440 e. The predicted molar refractivity (Wildman–Crippen MR) is 98.5 cm³/mol. The van der Waals surface area contributed by atoms with Gasteiger partial charge in [-0.1, -0.05) is 60.1 Å². The van der Waals surface area contributed by atoms with Crippen LogP contribution in [0.3, 0.4) is 0 Å². The van der Waals surface area contributed by atoms with E-state index < -0.39 is 12.3 Å². The van der Waals surface area contributed by atoms with E-state index in [2.05, 4.69) is 0 Å². The fourth-order valence-electron chi connectivity index (χ4n) is 2.94. The maximum atomic E-state index is 12.7. The fourth-order valence-corrected chi connectivity index (χ4v) is 3.14. The summed E-state index contributed by atoms with van der Waals surface area (Å²) in [5, 5.41) is 2.22. The number of rotatable bonds is 3. The molecule has 0 aromatic heterocycles. The molecule has 1 saturated heterocycles. The molecule has 5 heteroatoms. The molecule has 0 radical (unpaired) electrons. The van der Waals surface area contributed by atoms with E-state index in [-0.39, 0.29) is 0 Å². The molecule has 25 heavy (non-hydrogen) atoms. The van der Waals surface area contributed by atoms with Gasteiger partial charge in [-0.3, -0.25) is 0 Å². The third-order valence-corrected chi connectivity index (χ3v) is 4.27. The van der Waals surface area contributed by atoms with Crippen molar-refractivity contribution in [1.82, 2.24) is 0 Å². The van der Waals surface area contributed by atoms with E-state index in [9.17, 15) is 4.79 Å². The monoisotopic (exact) mass is 350 g/mol. The molecule has 0 unspecified atom stereocenters.